The van der Waals surface area contributed by atoms with E-state index < -0.39 is 0 Å². The number of aryl methyl sites for hydroxylation is 1. The third-order valence-corrected chi connectivity index (χ3v) is 6.32. The minimum Gasteiger partial charge on any atom is -0.496 e. The molecule has 6 nitrogen and oxygen atoms in total. The maximum atomic E-state index is 10.9. The molecule has 4 rings (SSSR count). The monoisotopic (exact) mass is 373 g/mol. The van der Waals surface area contributed by atoms with E-state index in [1.54, 1.807) is 11.6 Å². The van der Waals surface area contributed by atoms with E-state index in [1.807, 2.05) is 25.1 Å². The Bertz CT molecular complexity index is 920. The molecular formula is C19H25N4O2S+. The van der Waals surface area contributed by atoms with Crippen LogP contribution < -0.4 is 9.64 Å². The Hall–Kier alpha value is -2.12. The van der Waals surface area contributed by atoms with E-state index in [2.05, 4.69) is 23.1 Å². The molecule has 1 aliphatic rings. The van der Waals surface area contributed by atoms with Gasteiger partial charge in [0.1, 0.15) is 16.5 Å². The van der Waals surface area contributed by atoms with Crippen LogP contribution in [0.4, 0.5) is 0 Å². The number of aromatic hydroxyl groups is 1. The number of ether oxygens (including phenoxy) is 1. The molecule has 2 aromatic heterocycles. The Morgan fingerprint density at radius 3 is 2.92 bits per heavy atom. The normalized spacial score (nSPS) is 21.8. The highest BCUT2D eigenvalue weighted by molar-refractivity contribution is 7.17. The van der Waals surface area contributed by atoms with Crippen molar-refractivity contribution in [3.63, 3.8) is 0 Å². The van der Waals surface area contributed by atoms with Crippen molar-refractivity contribution in [2.24, 2.45) is 5.92 Å². The molecule has 3 atom stereocenters. The summed E-state index contributed by atoms with van der Waals surface area (Å²) in [6, 6.07) is 8.14. The van der Waals surface area contributed by atoms with Gasteiger partial charge in [0.05, 0.1) is 25.8 Å². The quantitative estimate of drug-likeness (QED) is 0.736. The Balaban J connectivity index is 1.86. The molecule has 3 aromatic rings. The van der Waals surface area contributed by atoms with Gasteiger partial charge in [0, 0.05) is 5.92 Å². The lowest BCUT2D eigenvalue weighted by atomic mass is 9.95. The summed E-state index contributed by atoms with van der Waals surface area (Å²) in [7, 11) is 1.70. The number of fused-ring (bicyclic) bond motifs is 1. The molecule has 0 amide bonds. The van der Waals surface area contributed by atoms with Crippen molar-refractivity contribution in [2.75, 3.05) is 20.2 Å². The van der Waals surface area contributed by atoms with Crippen LogP contribution in [-0.2, 0) is 0 Å². The topological polar surface area (TPSA) is 64.1 Å². The molecular weight excluding hydrogens is 348 g/mol. The van der Waals surface area contributed by atoms with Gasteiger partial charge >= 0.3 is 0 Å². The highest BCUT2D eigenvalue weighted by Crippen LogP contribution is 2.38. The minimum absolute atomic E-state index is 0.0164. The van der Waals surface area contributed by atoms with Crippen LogP contribution in [0, 0.1) is 12.8 Å². The summed E-state index contributed by atoms with van der Waals surface area (Å²) in [5.74, 6) is 2.40. The number of piperidine rings is 1. The fraction of sp³-hybridized carbons (Fsp3) is 0.474. The molecule has 7 heteroatoms. The Morgan fingerprint density at radius 2 is 2.19 bits per heavy atom. The molecule has 0 spiro atoms. The number of benzene rings is 1. The molecule has 2 N–H and O–H groups in total. The van der Waals surface area contributed by atoms with Gasteiger partial charge < -0.3 is 14.7 Å². The molecule has 3 heterocycles. The Kier molecular flexibility index (Phi) is 4.58. The zero-order chi connectivity index (χ0) is 18.3. The summed E-state index contributed by atoms with van der Waals surface area (Å²) in [6.45, 7) is 6.31. The van der Waals surface area contributed by atoms with Crippen molar-refractivity contribution in [3.05, 3.63) is 40.5 Å². The van der Waals surface area contributed by atoms with E-state index in [4.69, 9.17) is 4.74 Å². The van der Waals surface area contributed by atoms with Gasteiger partial charge in [0.2, 0.25) is 10.8 Å². The van der Waals surface area contributed by atoms with E-state index in [1.165, 1.54) is 29.1 Å². The van der Waals surface area contributed by atoms with Gasteiger partial charge in [-0.2, -0.15) is 4.52 Å². The number of thiazole rings is 1. The average Bonchev–Trinajstić information content (AvgIpc) is 3.14. The third kappa shape index (κ3) is 2.95. The van der Waals surface area contributed by atoms with Crippen LogP contribution in [-0.4, -0.2) is 39.9 Å². The van der Waals surface area contributed by atoms with Gasteiger partial charge in [-0.1, -0.05) is 30.4 Å². The first-order valence-corrected chi connectivity index (χ1v) is 9.92. The highest BCUT2D eigenvalue weighted by atomic mass is 32.1. The lowest BCUT2D eigenvalue weighted by Gasteiger charge is -2.34. The number of methoxy groups -OCH3 is 1. The average molecular weight is 374 g/mol. The molecule has 0 saturated carbocycles. The number of nitrogens with one attached hydrogen (secondary N) is 1. The van der Waals surface area contributed by atoms with Gasteiger partial charge in [-0.25, -0.2) is 4.98 Å². The lowest BCUT2D eigenvalue weighted by molar-refractivity contribution is -0.933. The summed E-state index contributed by atoms with van der Waals surface area (Å²) < 4.78 is 7.21. The van der Waals surface area contributed by atoms with E-state index in [0.717, 1.165) is 34.2 Å². The van der Waals surface area contributed by atoms with Crippen molar-refractivity contribution in [1.29, 1.82) is 0 Å². The number of hydrogen-bond donors (Lipinski definition) is 2. The lowest BCUT2D eigenvalue weighted by Crippen LogP contribution is -3.13. The summed E-state index contributed by atoms with van der Waals surface area (Å²) in [6.07, 6.45) is 2.46. The fourth-order valence-corrected chi connectivity index (χ4v) is 5.26. The minimum atomic E-state index is 0.0164. The number of quaternary nitrogens is 1. The smallest absolute Gasteiger partial charge is 0.235 e. The highest BCUT2D eigenvalue weighted by Gasteiger charge is 2.36. The van der Waals surface area contributed by atoms with Crippen molar-refractivity contribution in [3.8, 4) is 11.6 Å². The van der Waals surface area contributed by atoms with Crippen molar-refractivity contribution >= 4 is 16.3 Å². The van der Waals surface area contributed by atoms with E-state index in [9.17, 15) is 5.11 Å². The number of aromatic nitrogens is 3. The maximum absolute atomic E-state index is 10.9. The zero-order valence-electron chi connectivity index (χ0n) is 15.4. The summed E-state index contributed by atoms with van der Waals surface area (Å²) in [5, 5.41) is 15.2. The maximum Gasteiger partial charge on any atom is 0.235 e. The number of para-hydroxylation sites is 1. The molecule has 1 unspecified atom stereocenters. The predicted molar refractivity (Wildman–Crippen MR) is 101 cm³/mol. The second-order valence-electron chi connectivity index (χ2n) is 7.18. The number of likely N-dealkylation sites (tertiary alicyclic amines) is 1. The van der Waals surface area contributed by atoms with E-state index in [-0.39, 0.29) is 11.9 Å². The predicted octanol–water partition coefficient (Wildman–Crippen LogP) is 2.22. The molecule has 1 aliphatic heterocycles. The van der Waals surface area contributed by atoms with E-state index in [0.29, 0.717) is 11.7 Å². The molecule has 138 valence electrons. The van der Waals surface area contributed by atoms with Crippen molar-refractivity contribution in [1.82, 2.24) is 14.6 Å². The number of rotatable bonds is 4. The second kappa shape index (κ2) is 6.89. The molecule has 1 fully saturated rings. The molecule has 0 radical (unpaired) electrons. The first-order chi connectivity index (χ1) is 12.6. The van der Waals surface area contributed by atoms with Crippen LogP contribution in [0.1, 0.15) is 42.1 Å². The molecule has 1 aromatic carbocycles. The summed E-state index contributed by atoms with van der Waals surface area (Å²) >= 11 is 1.52. The molecule has 0 aliphatic carbocycles. The van der Waals surface area contributed by atoms with Gasteiger partial charge in [0.15, 0.2) is 6.04 Å². The first-order valence-electron chi connectivity index (χ1n) is 9.11. The standard InChI is InChI=1S/C19H24N4O2S/c1-12-7-6-10-22(11-12)16(14-8-4-5-9-15(14)25-3)17-18(24)23-19(26-17)20-13(2)21-23/h4-5,8-9,12,16,24H,6-7,10-11H2,1-3H3/p+1/t12-,16-/m0/s1. The molecule has 26 heavy (non-hydrogen) atoms. The zero-order valence-corrected chi connectivity index (χ0v) is 16.2. The largest absolute Gasteiger partial charge is 0.496 e. The van der Waals surface area contributed by atoms with E-state index >= 15 is 0 Å². The SMILES string of the molecule is COc1ccccc1[C@@H](c1sc2nc(C)nn2c1O)[NH+]1CCC[C@H](C)C1. The van der Waals surface area contributed by atoms with Crippen LogP contribution in [0.15, 0.2) is 24.3 Å². The van der Waals surface area contributed by atoms with Gasteiger partial charge in [0.25, 0.3) is 0 Å². The van der Waals surface area contributed by atoms with Gasteiger partial charge in [-0.15, -0.1) is 5.10 Å². The van der Waals surface area contributed by atoms with Crippen LogP contribution in [0.2, 0.25) is 0 Å². The van der Waals surface area contributed by atoms with Crippen molar-refractivity contribution in [2.45, 2.75) is 32.7 Å². The fourth-order valence-electron chi connectivity index (χ4n) is 4.08. The van der Waals surface area contributed by atoms with Crippen LogP contribution in [0.5, 0.6) is 11.6 Å². The summed E-state index contributed by atoms with van der Waals surface area (Å²) in [4.78, 5) is 7.55. The van der Waals surface area contributed by atoms with Crippen LogP contribution in [0.3, 0.4) is 0 Å². The van der Waals surface area contributed by atoms with Crippen molar-refractivity contribution < 1.29 is 14.7 Å². The summed E-state index contributed by atoms with van der Waals surface area (Å²) in [5.41, 5.74) is 1.11. The Morgan fingerprint density at radius 1 is 1.38 bits per heavy atom. The number of nitrogens with zero attached hydrogens (tertiary/aromatic N) is 3. The Labute approximate surface area is 157 Å². The first kappa shape index (κ1) is 17.3. The van der Waals surface area contributed by atoms with Gasteiger partial charge in [-0.3, -0.25) is 0 Å². The van der Waals surface area contributed by atoms with Crippen LogP contribution in [0.25, 0.3) is 4.96 Å². The molecule has 1 saturated heterocycles. The molecule has 0 bridgehead atoms. The number of hydrogen-bond acceptors (Lipinski definition) is 5. The van der Waals surface area contributed by atoms with Crippen LogP contribution >= 0.6 is 11.3 Å². The van der Waals surface area contributed by atoms with Gasteiger partial charge in [-0.05, 0) is 31.9 Å². The second-order valence-corrected chi connectivity index (χ2v) is 8.19. The third-order valence-electron chi connectivity index (χ3n) is 5.23.